The van der Waals surface area contributed by atoms with Gasteiger partial charge in [-0.15, -0.1) is 6.42 Å². The standard InChI is InChI=1S/C16H24N2O/c1-6-9-18(5)13(2)10-14-7-8-16(19)15(11-14)12-17(3)4/h1,7-8,11,13,19H,9-10,12H2,2-5H3. The van der Waals surface area contributed by atoms with E-state index in [1.807, 2.05) is 32.1 Å². The van der Waals surface area contributed by atoms with Crippen LogP contribution < -0.4 is 0 Å². The molecule has 1 N–H and O–H groups in total. The Morgan fingerprint density at radius 2 is 2.00 bits per heavy atom. The molecule has 1 unspecified atom stereocenters. The number of nitrogens with zero attached hydrogens (tertiary/aromatic N) is 2. The molecule has 104 valence electrons. The third-order valence-electron chi connectivity index (χ3n) is 3.25. The minimum atomic E-state index is 0.363. The summed E-state index contributed by atoms with van der Waals surface area (Å²) in [5, 5.41) is 9.85. The largest absolute Gasteiger partial charge is 0.508 e. The molecule has 0 aliphatic heterocycles. The van der Waals surface area contributed by atoms with E-state index in [4.69, 9.17) is 6.42 Å². The normalized spacial score (nSPS) is 12.7. The van der Waals surface area contributed by atoms with Crippen LogP contribution in [0.4, 0.5) is 0 Å². The fourth-order valence-electron chi connectivity index (χ4n) is 2.03. The molecule has 0 aromatic heterocycles. The maximum absolute atomic E-state index is 9.85. The van der Waals surface area contributed by atoms with Crippen LogP contribution in [0.3, 0.4) is 0 Å². The van der Waals surface area contributed by atoms with Gasteiger partial charge >= 0.3 is 0 Å². The SMILES string of the molecule is C#CCN(C)C(C)Cc1ccc(O)c(CN(C)C)c1. The van der Waals surface area contributed by atoms with E-state index in [1.165, 1.54) is 5.56 Å². The fraction of sp³-hybridized carbons (Fsp3) is 0.500. The highest BCUT2D eigenvalue weighted by atomic mass is 16.3. The first-order valence-corrected chi connectivity index (χ1v) is 6.53. The van der Waals surface area contributed by atoms with Gasteiger partial charge in [0.15, 0.2) is 0 Å². The molecule has 0 fully saturated rings. The van der Waals surface area contributed by atoms with E-state index in [0.29, 0.717) is 18.3 Å². The summed E-state index contributed by atoms with van der Waals surface area (Å²) in [5.74, 6) is 3.02. The van der Waals surface area contributed by atoms with Gasteiger partial charge < -0.3 is 10.0 Å². The molecule has 0 saturated heterocycles. The van der Waals surface area contributed by atoms with E-state index in [2.05, 4.69) is 23.8 Å². The molecule has 1 rings (SSSR count). The number of hydrogen-bond donors (Lipinski definition) is 1. The van der Waals surface area contributed by atoms with Gasteiger partial charge in [-0.1, -0.05) is 18.1 Å². The van der Waals surface area contributed by atoms with Gasteiger partial charge in [0.2, 0.25) is 0 Å². The lowest BCUT2D eigenvalue weighted by atomic mass is 10.0. The van der Waals surface area contributed by atoms with Crippen LogP contribution in [-0.4, -0.2) is 48.6 Å². The summed E-state index contributed by atoms with van der Waals surface area (Å²) in [6.07, 6.45) is 6.26. The quantitative estimate of drug-likeness (QED) is 0.792. The molecule has 0 aliphatic rings. The summed E-state index contributed by atoms with van der Waals surface area (Å²) in [7, 11) is 6.02. The second-order valence-electron chi connectivity index (χ2n) is 5.37. The van der Waals surface area contributed by atoms with Crippen molar-refractivity contribution < 1.29 is 5.11 Å². The van der Waals surface area contributed by atoms with Crippen LogP contribution in [0, 0.1) is 12.3 Å². The van der Waals surface area contributed by atoms with E-state index >= 15 is 0 Å². The summed E-state index contributed by atoms with van der Waals surface area (Å²) < 4.78 is 0. The van der Waals surface area contributed by atoms with Crippen molar-refractivity contribution in [2.24, 2.45) is 0 Å². The van der Waals surface area contributed by atoms with E-state index in [-0.39, 0.29) is 0 Å². The number of terminal acetylenes is 1. The summed E-state index contributed by atoms with van der Waals surface area (Å²) in [6.45, 7) is 3.56. The number of phenolic OH excluding ortho intramolecular Hbond substituents is 1. The van der Waals surface area contributed by atoms with Gasteiger partial charge in [-0.3, -0.25) is 4.90 Å². The van der Waals surface area contributed by atoms with Gasteiger partial charge in [0.05, 0.1) is 6.54 Å². The van der Waals surface area contributed by atoms with Gasteiger partial charge in [0.1, 0.15) is 5.75 Å². The monoisotopic (exact) mass is 260 g/mol. The number of aromatic hydroxyl groups is 1. The van der Waals surface area contributed by atoms with Crippen LogP contribution >= 0.6 is 0 Å². The predicted octanol–water partition coefficient (Wildman–Crippen LogP) is 1.95. The van der Waals surface area contributed by atoms with Crippen molar-refractivity contribution in [2.45, 2.75) is 25.9 Å². The molecule has 1 aromatic rings. The van der Waals surface area contributed by atoms with E-state index in [1.54, 1.807) is 6.07 Å². The number of rotatable bonds is 6. The highest BCUT2D eigenvalue weighted by molar-refractivity contribution is 5.36. The number of phenols is 1. The van der Waals surface area contributed by atoms with Gasteiger partial charge in [0, 0.05) is 18.2 Å². The van der Waals surface area contributed by atoms with Crippen LogP contribution in [-0.2, 0) is 13.0 Å². The summed E-state index contributed by atoms with van der Waals surface area (Å²) in [5.41, 5.74) is 2.19. The first-order chi connectivity index (χ1) is 8.93. The lowest BCUT2D eigenvalue weighted by molar-refractivity contribution is 0.287. The molecule has 0 spiro atoms. The predicted molar refractivity (Wildman–Crippen MR) is 80.1 cm³/mol. The van der Waals surface area contributed by atoms with Crippen LogP contribution in [0.1, 0.15) is 18.1 Å². The molecule has 3 nitrogen and oxygen atoms in total. The highest BCUT2D eigenvalue weighted by Crippen LogP contribution is 2.21. The van der Waals surface area contributed by atoms with Gasteiger partial charge in [-0.25, -0.2) is 0 Å². The van der Waals surface area contributed by atoms with Crippen molar-refractivity contribution in [1.29, 1.82) is 0 Å². The topological polar surface area (TPSA) is 26.7 Å². The smallest absolute Gasteiger partial charge is 0.120 e. The number of benzene rings is 1. The maximum atomic E-state index is 9.85. The second kappa shape index (κ2) is 7.18. The zero-order valence-corrected chi connectivity index (χ0v) is 12.3. The highest BCUT2D eigenvalue weighted by Gasteiger charge is 2.10. The van der Waals surface area contributed by atoms with Crippen molar-refractivity contribution in [3.8, 4) is 18.1 Å². The minimum Gasteiger partial charge on any atom is -0.508 e. The molecule has 19 heavy (non-hydrogen) atoms. The first kappa shape index (κ1) is 15.6. The molecular weight excluding hydrogens is 236 g/mol. The Kier molecular flexibility index (Phi) is 5.88. The Morgan fingerprint density at radius 3 is 2.58 bits per heavy atom. The molecule has 0 amide bonds. The molecule has 0 heterocycles. The van der Waals surface area contributed by atoms with Crippen molar-refractivity contribution in [1.82, 2.24) is 9.80 Å². The molecule has 1 atom stereocenters. The Labute approximate surface area is 116 Å². The van der Waals surface area contributed by atoms with Crippen LogP contribution in [0.2, 0.25) is 0 Å². The lowest BCUT2D eigenvalue weighted by Crippen LogP contribution is -2.31. The molecule has 0 radical (unpaired) electrons. The zero-order valence-electron chi connectivity index (χ0n) is 12.3. The van der Waals surface area contributed by atoms with Gasteiger partial charge in [-0.05, 0) is 46.1 Å². The van der Waals surface area contributed by atoms with Crippen LogP contribution in [0.25, 0.3) is 0 Å². The Bertz CT molecular complexity index is 449. The van der Waals surface area contributed by atoms with Crippen molar-refractivity contribution in [3.05, 3.63) is 29.3 Å². The Hall–Kier alpha value is -1.50. The average Bonchev–Trinajstić information content (AvgIpc) is 2.33. The Morgan fingerprint density at radius 1 is 1.32 bits per heavy atom. The molecular formula is C16H24N2O. The van der Waals surface area contributed by atoms with Crippen LogP contribution in [0.15, 0.2) is 18.2 Å². The summed E-state index contributed by atoms with van der Waals surface area (Å²) >= 11 is 0. The van der Waals surface area contributed by atoms with Crippen molar-refractivity contribution >= 4 is 0 Å². The van der Waals surface area contributed by atoms with Crippen molar-refractivity contribution in [3.63, 3.8) is 0 Å². The van der Waals surface area contributed by atoms with Crippen LogP contribution in [0.5, 0.6) is 5.75 Å². The Balaban J connectivity index is 2.77. The fourth-order valence-corrected chi connectivity index (χ4v) is 2.03. The zero-order chi connectivity index (χ0) is 14.4. The van der Waals surface area contributed by atoms with E-state index in [9.17, 15) is 5.11 Å². The van der Waals surface area contributed by atoms with E-state index < -0.39 is 0 Å². The maximum Gasteiger partial charge on any atom is 0.120 e. The number of likely N-dealkylation sites (N-methyl/N-ethyl adjacent to an activating group) is 1. The first-order valence-electron chi connectivity index (χ1n) is 6.53. The van der Waals surface area contributed by atoms with Crippen molar-refractivity contribution in [2.75, 3.05) is 27.7 Å². The minimum absolute atomic E-state index is 0.363. The lowest BCUT2D eigenvalue weighted by Gasteiger charge is -2.23. The molecule has 0 bridgehead atoms. The third-order valence-corrected chi connectivity index (χ3v) is 3.25. The van der Waals surface area contributed by atoms with E-state index in [0.717, 1.165) is 18.5 Å². The third kappa shape index (κ3) is 4.94. The molecule has 0 aliphatic carbocycles. The average molecular weight is 260 g/mol. The van der Waals surface area contributed by atoms with Gasteiger partial charge in [-0.2, -0.15) is 0 Å². The molecule has 0 saturated carbocycles. The summed E-state index contributed by atoms with van der Waals surface area (Å²) in [4.78, 5) is 4.20. The molecule has 3 heteroatoms. The second-order valence-corrected chi connectivity index (χ2v) is 5.37. The number of hydrogen-bond acceptors (Lipinski definition) is 3. The van der Waals surface area contributed by atoms with Gasteiger partial charge in [0.25, 0.3) is 0 Å². The summed E-state index contributed by atoms with van der Waals surface area (Å²) in [6, 6.07) is 6.22. The molecule has 1 aromatic carbocycles.